The molecule has 0 radical (unpaired) electrons. The summed E-state index contributed by atoms with van der Waals surface area (Å²) in [7, 11) is 0. The Hall–Kier alpha value is -0.340. The lowest BCUT2D eigenvalue weighted by Gasteiger charge is -2.41. The Balaban J connectivity index is 1.35. The second kappa shape index (κ2) is 5.11. The molecule has 0 amide bonds. The van der Waals surface area contributed by atoms with Gasteiger partial charge < -0.3 is 10.2 Å². The fourth-order valence-electron chi connectivity index (χ4n) is 3.77. The normalized spacial score (nSPS) is 38.1. The van der Waals surface area contributed by atoms with Gasteiger partial charge in [0.1, 0.15) is 0 Å². The average Bonchev–Trinajstić information content (AvgIpc) is 2.89. The zero-order valence-electron chi connectivity index (χ0n) is 11.1. The highest BCUT2D eigenvalue weighted by atomic mass is 15.1. The van der Waals surface area contributed by atoms with Gasteiger partial charge in [-0.3, -0.25) is 0 Å². The molecule has 4 atom stereocenters. The summed E-state index contributed by atoms with van der Waals surface area (Å²) in [6.45, 7) is 7.57. The van der Waals surface area contributed by atoms with Crippen LogP contribution < -0.4 is 5.32 Å². The van der Waals surface area contributed by atoms with Crippen molar-refractivity contribution in [2.75, 3.05) is 26.2 Å². The third-order valence-corrected chi connectivity index (χ3v) is 4.86. The molecule has 2 heteroatoms. The van der Waals surface area contributed by atoms with Crippen LogP contribution in [0.15, 0.2) is 12.2 Å². The molecule has 0 spiro atoms. The van der Waals surface area contributed by atoms with Gasteiger partial charge in [0, 0.05) is 12.6 Å². The van der Waals surface area contributed by atoms with Crippen LogP contribution in [0.2, 0.25) is 0 Å². The minimum Gasteiger partial charge on any atom is -0.313 e. The van der Waals surface area contributed by atoms with E-state index in [1.807, 2.05) is 0 Å². The van der Waals surface area contributed by atoms with E-state index >= 15 is 0 Å². The third-order valence-electron chi connectivity index (χ3n) is 4.86. The molecule has 3 aliphatic rings. The molecule has 0 aromatic heterocycles. The van der Waals surface area contributed by atoms with E-state index in [0.29, 0.717) is 0 Å². The number of hydrogen-bond donors (Lipinski definition) is 1. The van der Waals surface area contributed by atoms with Crippen LogP contribution in [-0.4, -0.2) is 37.1 Å². The van der Waals surface area contributed by atoms with Crippen molar-refractivity contribution in [2.24, 2.45) is 17.8 Å². The molecule has 2 nitrogen and oxygen atoms in total. The Labute approximate surface area is 105 Å². The summed E-state index contributed by atoms with van der Waals surface area (Å²) in [4.78, 5) is 2.63. The van der Waals surface area contributed by atoms with Crippen molar-refractivity contribution < 1.29 is 0 Å². The monoisotopic (exact) mass is 234 g/mol. The van der Waals surface area contributed by atoms with Gasteiger partial charge in [-0.05, 0) is 63.1 Å². The van der Waals surface area contributed by atoms with E-state index in [9.17, 15) is 0 Å². The molecular weight excluding hydrogens is 208 g/mol. The highest BCUT2D eigenvalue weighted by Gasteiger charge is 2.40. The predicted octanol–water partition coefficient (Wildman–Crippen LogP) is 2.27. The Morgan fingerprint density at radius 3 is 2.94 bits per heavy atom. The van der Waals surface area contributed by atoms with E-state index in [1.165, 1.54) is 51.9 Å². The summed E-state index contributed by atoms with van der Waals surface area (Å²) in [5.41, 5.74) is 0. The van der Waals surface area contributed by atoms with Crippen LogP contribution in [0.5, 0.6) is 0 Å². The maximum Gasteiger partial charge on any atom is 0.0136 e. The standard InChI is InChI=1S/C15H26N2/c1-12(11-17-7-2-3-8-17)10-16-15-9-13-5-4-6-14(13)15/h4,6,12-16H,2-3,5,7-11H2,1H3. The molecule has 1 heterocycles. The largest absolute Gasteiger partial charge is 0.313 e. The smallest absolute Gasteiger partial charge is 0.0136 e. The van der Waals surface area contributed by atoms with E-state index in [0.717, 1.165) is 23.8 Å². The van der Waals surface area contributed by atoms with E-state index < -0.39 is 0 Å². The molecule has 0 aromatic rings. The number of nitrogens with zero attached hydrogens (tertiary/aromatic N) is 1. The molecule has 3 rings (SSSR count). The van der Waals surface area contributed by atoms with Gasteiger partial charge in [-0.25, -0.2) is 0 Å². The zero-order valence-corrected chi connectivity index (χ0v) is 11.1. The molecule has 1 saturated carbocycles. The lowest BCUT2D eigenvalue weighted by Crippen LogP contribution is -2.49. The summed E-state index contributed by atoms with van der Waals surface area (Å²) >= 11 is 0. The molecule has 17 heavy (non-hydrogen) atoms. The van der Waals surface area contributed by atoms with Gasteiger partial charge in [-0.2, -0.15) is 0 Å². The minimum absolute atomic E-state index is 0.791. The molecule has 96 valence electrons. The number of fused-ring (bicyclic) bond motifs is 1. The van der Waals surface area contributed by atoms with Crippen molar-refractivity contribution in [1.29, 1.82) is 0 Å². The Kier molecular flexibility index (Phi) is 3.53. The maximum atomic E-state index is 3.79. The fraction of sp³-hybridized carbons (Fsp3) is 0.867. The fourth-order valence-corrected chi connectivity index (χ4v) is 3.77. The topological polar surface area (TPSA) is 15.3 Å². The molecule has 0 bridgehead atoms. The van der Waals surface area contributed by atoms with Crippen molar-refractivity contribution in [3.8, 4) is 0 Å². The molecule has 1 N–H and O–H groups in total. The van der Waals surface area contributed by atoms with Crippen LogP contribution >= 0.6 is 0 Å². The van der Waals surface area contributed by atoms with Gasteiger partial charge >= 0.3 is 0 Å². The van der Waals surface area contributed by atoms with Crippen LogP contribution in [0.25, 0.3) is 0 Å². The predicted molar refractivity (Wildman–Crippen MR) is 72.0 cm³/mol. The highest BCUT2D eigenvalue weighted by Crippen LogP contribution is 2.42. The maximum absolute atomic E-state index is 3.79. The second-order valence-corrected chi connectivity index (χ2v) is 6.36. The first-order chi connectivity index (χ1) is 8.33. The van der Waals surface area contributed by atoms with Crippen molar-refractivity contribution in [2.45, 2.75) is 38.6 Å². The van der Waals surface area contributed by atoms with Gasteiger partial charge in [0.05, 0.1) is 0 Å². The lowest BCUT2D eigenvalue weighted by atomic mass is 9.71. The van der Waals surface area contributed by atoms with Gasteiger partial charge in [0.15, 0.2) is 0 Å². The SMILES string of the molecule is CC(CNC1CC2CC=CC21)CN1CCCC1. The second-order valence-electron chi connectivity index (χ2n) is 6.36. The summed E-state index contributed by atoms with van der Waals surface area (Å²) in [6.07, 6.45) is 10.4. The third kappa shape index (κ3) is 2.58. The van der Waals surface area contributed by atoms with E-state index in [2.05, 4.69) is 29.3 Å². The average molecular weight is 234 g/mol. The number of likely N-dealkylation sites (tertiary alicyclic amines) is 1. The first-order valence-electron chi connectivity index (χ1n) is 7.45. The van der Waals surface area contributed by atoms with Gasteiger partial charge in [-0.1, -0.05) is 19.1 Å². The molecule has 2 fully saturated rings. The number of rotatable bonds is 5. The van der Waals surface area contributed by atoms with Crippen LogP contribution in [0.1, 0.15) is 32.6 Å². The van der Waals surface area contributed by atoms with Gasteiger partial charge in [0.25, 0.3) is 0 Å². The Morgan fingerprint density at radius 1 is 1.35 bits per heavy atom. The van der Waals surface area contributed by atoms with E-state index in [4.69, 9.17) is 0 Å². The molecule has 4 unspecified atom stereocenters. The van der Waals surface area contributed by atoms with Crippen LogP contribution in [0.4, 0.5) is 0 Å². The zero-order chi connectivity index (χ0) is 11.7. The quantitative estimate of drug-likeness (QED) is 0.734. The first kappa shape index (κ1) is 11.7. The summed E-state index contributed by atoms with van der Waals surface area (Å²) < 4.78 is 0. The summed E-state index contributed by atoms with van der Waals surface area (Å²) in [5, 5.41) is 3.79. The first-order valence-corrected chi connectivity index (χ1v) is 7.45. The van der Waals surface area contributed by atoms with Gasteiger partial charge in [-0.15, -0.1) is 0 Å². The molecular formula is C15H26N2. The van der Waals surface area contributed by atoms with Crippen LogP contribution in [0, 0.1) is 17.8 Å². The minimum atomic E-state index is 0.791. The van der Waals surface area contributed by atoms with Crippen LogP contribution in [-0.2, 0) is 0 Å². The van der Waals surface area contributed by atoms with Crippen LogP contribution in [0.3, 0.4) is 0 Å². The molecule has 0 aromatic carbocycles. The van der Waals surface area contributed by atoms with Crippen molar-refractivity contribution in [1.82, 2.24) is 10.2 Å². The van der Waals surface area contributed by atoms with E-state index in [1.54, 1.807) is 0 Å². The Morgan fingerprint density at radius 2 is 2.18 bits per heavy atom. The molecule has 1 saturated heterocycles. The molecule has 1 aliphatic heterocycles. The number of hydrogen-bond acceptors (Lipinski definition) is 2. The molecule has 2 aliphatic carbocycles. The summed E-state index contributed by atoms with van der Waals surface area (Å²) in [6, 6.07) is 0.791. The van der Waals surface area contributed by atoms with Crippen molar-refractivity contribution in [3.63, 3.8) is 0 Å². The van der Waals surface area contributed by atoms with Crippen molar-refractivity contribution >= 4 is 0 Å². The lowest BCUT2D eigenvalue weighted by molar-refractivity contribution is 0.154. The summed E-state index contributed by atoms with van der Waals surface area (Å²) in [5.74, 6) is 2.66. The number of nitrogens with one attached hydrogen (secondary N) is 1. The number of allylic oxidation sites excluding steroid dienone is 1. The van der Waals surface area contributed by atoms with Crippen molar-refractivity contribution in [3.05, 3.63) is 12.2 Å². The highest BCUT2D eigenvalue weighted by molar-refractivity contribution is 5.12. The Bertz CT molecular complexity index is 281. The van der Waals surface area contributed by atoms with Gasteiger partial charge in [0.2, 0.25) is 0 Å². The van der Waals surface area contributed by atoms with E-state index in [-0.39, 0.29) is 0 Å².